The van der Waals surface area contributed by atoms with Crippen LogP contribution < -0.4 is 4.90 Å². The quantitative estimate of drug-likeness (QED) is 0.167. The Kier molecular flexibility index (Phi) is 7.52. The average Bonchev–Trinajstić information content (AvgIpc) is 3.82. The lowest BCUT2D eigenvalue weighted by Gasteiger charge is -2.61. The number of furan rings is 1. The Balaban J connectivity index is 0.852. The third-order valence-electron chi connectivity index (χ3n) is 15.1. The van der Waals surface area contributed by atoms with Crippen LogP contribution in [0.5, 0.6) is 0 Å². The highest BCUT2D eigenvalue weighted by Crippen LogP contribution is 2.70. The minimum Gasteiger partial charge on any atom is -0.456 e. The van der Waals surface area contributed by atoms with Gasteiger partial charge in [-0.15, -0.1) is 0 Å². The van der Waals surface area contributed by atoms with Crippen LogP contribution >= 0.6 is 0 Å². The second kappa shape index (κ2) is 13.2. The second-order valence-electron chi connectivity index (χ2n) is 18.1. The molecule has 4 saturated carbocycles. The molecule has 8 aromatic carbocycles. The van der Waals surface area contributed by atoms with Gasteiger partial charge in [-0.1, -0.05) is 140 Å². The molecule has 0 aliphatic heterocycles. The van der Waals surface area contributed by atoms with E-state index in [1.165, 1.54) is 76.6 Å². The number of nitrogens with zero attached hydrogens (tertiary/aromatic N) is 1. The van der Waals surface area contributed by atoms with Crippen molar-refractivity contribution in [2.75, 3.05) is 4.90 Å². The normalized spacial score (nSPS) is 22.1. The predicted octanol–water partition coefficient (Wildman–Crippen LogP) is 15.8. The van der Waals surface area contributed by atoms with Gasteiger partial charge in [0.05, 0.1) is 0 Å². The van der Waals surface area contributed by atoms with E-state index in [0.717, 1.165) is 62.7 Å². The molecule has 5 aliphatic carbocycles. The van der Waals surface area contributed by atoms with Crippen molar-refractivity contribution in [3.63, 3.8) is 0 Å². The lowest BCUT2D eigenvalue weighted by Crippen LogP contribution is -2.55. The van der Waals surface area contributed by atoms with Crippen LogP contribution in [0.4, 0.5) is 17.1 Å². The Morgan fingerprint density at radius 2 is 0.900 bits per heavy atom. The van der Waals surface area contributed by atoms with Crippen molar-refractivity contribution in [2.45, 2.75) is 37.5 Å². The molecule has 0 atom stereocenters. The van der Waals surface area contributed by atoms with Crippen molar-refractivity contribution < 1.29 is 4.42 Å². The van der Waals surface area contributed by atoms with E-state index < -0.39 is 0 Å². The maximum Gasteiger partial charge on any atom is 0.137 e. The highest BCUT2D eigenvalue weighted by atomic mass is 16.3. The van der Waals surface area contributed by atoms with Gasteiger partial charge in [0.1, 0.15) is 11.2 Å². The summed E-state index contributed by atoms with van der Waals surface area (Å²) in [5, 5.41) is 2.27. The first-order valence-electron chi connectivity index (χ1n) is 22.0. The maximum atomic E-state index is 6.38. The van der Waals surface area contributed by atoms with Crippen LogP contribution in [-0.2, 0) is 5.41 Å². The second-order valence-corrected chi connectivity index (χ2v) is 18.1. The summed E-state index contributed by atoms with van der Waals surface area (Å²) >= 11 is 0. The Morgan fingerprint density at radius 1 is 0.383 bits per heavy atom. The molecule has 1 heterocycles. The first-order valence-corrected chi connectivity index (χ1v) is 22.0. The van der Waals surface area contributed by atoms with E-state index in [1.54, 1.807) is 11.1 Å². The molecule has 2 nitrogen and oxygen atoms in total. The topological polar surface area (TPSA) is 16.4 Å². The SMILES string of the molecule is c1ccc(-c2ccc(N(c3ccc(-c4ccc(-c5cccc6c5-c5ccccc5C65C6CC7CC(C6)CC5C7)cc4)cc3)c3ccc4c(c3)oc3ccccc34)cc2)cc1. The third kappa shape index (κ3) is 5.07. The van der Waals surface area contributed by atoms with Crippen molar-refractivity contribution in [1.29, 1.82) is 0 Å². The zero-order chi connectivity index (χ0) is 39.4. The molecule has 0 amide bonds. The van der Waals surface area contributed by atoms with Crippen LogP contribution in [0.25, 0.3) is 66.4 Å². The van der Waals surface area contributed by atoms with E-state index in [-0.39, 0.29) is 5.41 Å². The van der Waals surface area contributed by atoms with E-state index in [1.807, 2.05) is 12.1 Å². The number of para-hydroxylation sites is 1. The standard InChI is InChI=1S/C58H45NO/c1-2-9-39(10-3-1)41-21-25-46(26-22-41)59(48-29-30-51-50-11-5-7-16-55(50)60-56(51)36-48)47-27-23-42(24-28-47)40-17-19-43(20-18-40)49-13-8-15-54-57(49)52-12-4-6-14-53(52)58(54)44-32-37-31-38(34-44)35-45(58)33-37/h1-30,36-38,44-45H,31-35H2. The molecule has 2 heteroatoms. The third-order valence-corrected chi connectivity index (χ3v) is 15.1. The van der Waals surface area contributed by atoms with E-state index >= 15 is 0 Å². The van der Waals surface area contributed by atoms with Crippen molar-refractivity contribution in [1.82, 2.24) is 0 Å². The zero-order valence-electron chi connectivity index (χ0n) is 33.6. The molecule has 0 N–H and O–H groups in total. The van der Waals surface area contributed by atoms with Crippen LogP contribution in [0.2, 0.25) is 0 Å². The summed E-state index contributed by atoms with van der Waals surface area (Å²) in [5.74, 6) is 3.44. The van der Waals surface area contributed by atoms with Gasteiger partial charge in [-0.25, -0.2) is 0 Å². The highest BCUT2D eigenvalue weighted by Gasteiger charge is 2.61. The van der Waals surface area contributed by atoms with Gasteiger partial charge in [0.2, 0.25) is 0 Å². The van der Waals surface area contributed by atoms with Crippen molar-refractivity contribution in [3.8, 4) is 44.5 Å². The van der Waals surface area contributed by atoms with Gasteiger partial charge in [0.15, 0.2) is 0 Å². The Bertz CT molecular complexity index is 3050. The summed E-state index contributed by atoms with van der Waals surface area (Å²) in [6.45, 7) is 0. The summed E-state index contributed by atoms with van der Waals surface area (Å²) in [6.07, 6.45) is 7.12. The number of fused-ring (bicyclic) bond motifs is 6. The minimum atomic E-state index is 0.187. The average molecular weight is 772 g/mol. The zero-order valence-corrected chi connectivity index (χ0v) is 33.6. The molecule has 9 aromatic rings. The lowest BCUT2D eigenvalue weighted by atomic mass is 9.43. The summed E-state index contributed by atoms with van der Waals surface area (Å²) in [6, 6.07) is 69.4. The molecule has 4 fully saturated rings. The summed E-state index contributed by atoms with van der Waals surface area (Å²) < 4.78 is 6.38. The number of anilines is 3. The fraction of sp³-hybridized carbons (Fsp3) is 0.172. The molecule has 14 rings (SSSR count). The van der Waals surface area contributed by atoms with Gasteiger partial charge < -0.3 is 9.32 Å². The van der Waals surface area contributed by atoms with E-state index in [4.69, 9.17) is 4.42 Å². The van der Waals surface area contributed by atoms with Crippen LogP contribution in [0.3, 0.4) is 0 Å². The monoisotopic (exact) mass is 771 g/mol. The van der Waals surface area contributed by atoms with Crippen LogP contribution in [-0.4, -0.2) is 0 Å². The largest absolute Gasteiger partial charge is 0.456 e. The molecule has 60 heavy (non-hydrogen) atoms. The van der Waals surface area contributed by atoms with Gasteiger partial charge in [0.25, 0.3) is 0 Å². The maximum absolute atomic E-state index is 6.38. The number of rotatable bonds is 6. The minimum absolute atomic E-state index is 0.187. The molecule has 0 unspecified atom stereocenters. The summed E-state index contributed by atoms with van der Waals surface area (Å²) in [5.41, 5.74) is 18.9. The van der Waals surface area contributed by atoms with Gasteiger partial charge in [-0.3, -0.25) is 0 Å². The first-order chi connectivity index (χ1) is 29.7. The fourth-order valence-corrected chi connectivity index (χ4v) is 12.8. The number of benzene rings is 8. The smallest absolute Gasteiger partial charge is 0.137 e. The number of hydrogen-bond donors (Lipinski definition) is 0. The molecule has 1 spiro atoms. The van der Waals surface area contributed by atoms with Gasteiger partial charge in [0, 0.05) is 39.3 Å². The van der Waals surface area contributed by atoms with Gasteiger partial charge >= 0.3 is 0 Å². The molecule has 0 saturated heterocycles. The van der Waals surface area contributed by atoms with Crippen molar-refractivity contribution >= 4 is 39.0 Å². The first kappa shape index (κ1) is 34.2. The Morgan fingerprint density at radius 3 is 1.60 bits per heavy atom. The molecule has 0 radical (unpaired) electrons. The molecular formula is C58H45NO. The Labute approximate surface area is 351 Å². The van der Waals surface area contributed by atoms with Crippen molar-refractivity contribution in [3.05, 3.63) is 199 Å². The number of hydrogen-bond acceptors (Lipinski definition) is 2. The van der Waals surface area contributed by atoms with Crippen LogP contribution in [0.1, 0.15) is 43.2 Å². The summed E-state index contributed by atoms with van der Waals surface area (Å²) in [4.78, 5) is 2.33. The van der Waals surface area contributed by atoms with E-state index in [9.17, 15) is 0 Å². The predicted molar refractivity (Wildman–Crippen MR) is 248 cm³/mol. The van der Waals surface area contributed by atoms with Crippen LogP contribution in [0.15, 0.2) is 192 Å². The summed E-state index contributed by atoms with van der Waals surface area (Å²) in [7, 11) is 0. The molecule has 4 bridgehead atoms. The van der Waals surface area contributed by atoms with Gasteiger partial charge in [-0.2, -0.15) is 0 Å². The fourth-order valence-electron chi connectivity index (χ4n) is 12.8. The van der Waals surface area contributed by atoms with E-state index in [2.05, 4.69) is 181 Å². The van der Waals surface area contributed by atoms with Gasteiger partial charge in [-0.05, 0) is 154 Å². The lowest BCUT2D eigenvalue weighted by molar-refractivity contribution is -0.0399. The van der Waals surface area contributed by atoms with E-state index in [0.29, 0.717) is 0 Å². The van der Waals surface area contributed by atoms with Crippen molar-refractivity contribution in [2.24, 2.45) is 23.7 Å². The molecule has 5 aliphatic rings. The Hall–Kier alpha value is -6.64. The molecule has 1 aromatic heterocycles. The highest BCUT2D eigenvalue weighted by molar-refractivity contribution is 6.06. The molecular weight excluding hydrogens is 727 g/mol. The molecule has 288 valence electrons. The van der Waals surface area contributed by atoms with Crippen LogP contribution in [0, 0.1) is 23.7 Å².